The van der Waals surface area contributed by atoms with Gasteiger partial charge in [-0.1, -0.05) is 35.0 Å². The zero-order valence-electron chi connectivity index (χ0n) is 13.6. The molecule has 0 unspecified atom stereocenters. The molecule has 0 saturated carbocycles. The highest BCUT2D eigenvalue weighted by molar-refractivity contribution is 7.60. The lowest BCUT2D eigenvalue weighted by atomic mass is 10.0. The Labute approximate surface area is 154 Å². The van der Waals surface area contributed by atoms with Gasteiger partial charge in [0, 0.05) is 10.6 Å². The van der Waals surface area contributed by atoms with Crippen LogP contribution in [0.4, 0.5) is 13.2 Å². The van der Waals surface area contributed by atoms with Crippen molar-refractivity contribution >= 4 is 27.8 Å². The summed E-state index contributed by atoms with van der Waals surface area (Å²) in [6, 6.07) is 10.5. The van der Waals surface area contributed by atoms with E-state index < -0.39 is 22.2 Å². The molecule has 1 N–H and O–H groups in total. The summed E-state index contributed by atoms with van der Waals surface area (Å²) in [6.45, 7) is 3.26. The lowest BCUT2D eigenvalue weighted by Gasteiger charge is -2.13. The number of nitrogens with zero attached hydrogens (tertiary/aromatic N) is 1. The second-order valence-corrected chi connectivity index (χ2v) is 5.86. The van der Waals surface area contributed by atoms with Crippen LogP contribution in [-0.2, 0) is 16.7 Å². The summed E-state index contributed by atoms with van der Waals surface area (Å²) in [4.78, 5) is 5.24. The molecule has 0 aliphatic heterocycles. The zero-order chi connectivity index (χ0) is 19.9. The first kappa shape index (κ1) is 21.7. The normalized spacial score (nSPS) is 11.4. The van der Waals surface area contributed by atoms with Gasteiger partial charge in [-0.05, 0) is 43.7 Å². The van der Waals surface area contributed by atoms with Gasteiger partial charge in [0.1, 0.15) is 0 Å². The van der Waals surface area contributed by atoms with Gasteiger partial charge in [0.2, 0.25) is 0 Å². The van der Waals surface area contributed by atoms with Crippen molar-refractivity contribution in [3.8, 4) is 5.75 Å². The number of halogens is 4. The molecule has 0 heterocycles. The number of nitrogens with one attached hydrogen (secondary N) is 1. The number of para-hydroxylation sites is 1. The molecule has 0 aromatic heterocycles. The topological polar surface area (TPSA) is 79.6 Å². The molecule has 0 atom stereocenters. The van der Waals surface area contributed by atoms with Crippen LogP contribution >= 0.6 is 11.6 Å². The number of hydrogen-bond acceptors (Lipinski definition) is 5. The van der Waals surface area contributed by atoms with E-state index in [4.69, 9.17) is 29.6 Å². The molecule has 2 rings (SSSR count). The fourth-order valence-electron chi connectivity index (χ4n) is 1.89. The Hall–Kier alpha value is -2.39. The highest BCUT2D eigenvalue weighted by Gasteiger charge is 2.34. The molecule has 0 aliphatic rings. The minimum Gasteiger partial charge on any atom is -0.356 e. The van der Waals surface area contributed by atoms with E-state index in [0.29, 0.717) is 5.75 Å². The van der Waals surface area contributed by atoms with E-state index in [1.54, 1.807) is 12.1 Å². The average Bonchev–Trinajstić information content (AvgIpc) is 2.52. The highest BCUT2D eigenvalue weighted by Crippen LogP contribution is 2.33. The minimum atomic E-state index is -4.49. The van der Waals surface area contributed by atoms with E-state index in [1.807, 2.05) is 19.1 Å². The van der Waals surface area contributed by atoms with Crippen molar-refractivity contribution in [3.05, 3.63) is 64.2 Å². The first-order valence-corrected chi connectivity index (χ1v) is 8.42. The monoisotopic (exact) mass is 406 g/mol. The fourth-order valence-corrected chi connectivity index (χ4v) is 2.06. The second kappa shape index (κ2) is 9.35. The van der Waals surface area contributed by atoms with Gasteiger partial charge in [-0.3, -0.25) is 0 Å². The first-order chi connectivity index (χ1) is 12.0. The molecule has 0 spiro atoms. The molecule has 2 aromatic carbocycles. The highest BCUT2D eigenvalue weighted by atomic mass is 35.5. The predicted octanol–water partition coefficient (Wildman–Crippen LogP) is 5.10. The Bertz CT molecular complexity index is 907. The van der Waals surface area contributed by atoms with E-state index in [1.165, 1.54) is 19.1 Å². The Morgan fingerprint density at radius 2 is 1.77 bits per heavy atom. The van der Waals surface area contributed by atoms with Crippen LogP contribution in [0.1, 0.15) is 23.6 Å². The number of aryl methyl sites for hydroxylation is 1. The maximum absolute atomic E-state index is 13.0. The van der Waals surface area contributed by atoms with Crippen molar-refractivity contribution in [1.29, 1.82) is 4.78 Å². The molecule has 0 fully saturated rings. The van der Waals surface area contributed by atoms with Crippen molar-refractivity contribution in [2.75, 3.05) is 0 Å². The summed E-state index contributed by atoms with van der Waals surface area (Å²) in [6.07, 6.45) is -4.49. The van der Waals surface area contributed by atoms with Gasteiger partial charge >= 0.3 is 16.7 Å². The summed E-state index contributed by atoms with van der Waals surface area (Å²) >= 11 is 5.79. The molecule has 10 heteroatoms. The van der Waals surface area contributed by atoms with Gasteiger partial charge < -0.3 is 4.84 Å². The van der Waals surface area contributed by atoms with Gasteiger partial charge in [-0.2, -0.15) is 26.4 Å². The van der Waals surface area contributed by atoms with Crippen molar-refractivity contribution in [3.63, 3.8) is 0 Å². The van der Waals surface area contributed by atoms with Crippen LogP contribution in [-0.4, -0.2) is 14.1 Å². The standard InChI is InChI=1S/C16H13ClF3NO.HNO2S/c1-10-5-3-4-6-15(10)22-21-11(2)13-9-12(17)7-8-14(13)16(18,19)20;1-4(2)3/h3-9H,1-2H3;1H/b21-11+;. The molecule has 0 aliphatic carbocycles. The van der Waals surface area contributed by atoms with Crippen LogP contribution in [0.25, 0.3) is 0 Å². The van der Waals surface area contributed by atoms with Gasteiger partial charge in [0.05, 0.1) is 11.3 Å². The van der Waals surface area contributed by atoms with Gasteiger partial charge in [-0.15, -0.1) is 0 Å². The maximum atomic E-state index is 13.0. The van der Waals surface area contributed by atoms with Crippen molar-refractivity contribution in [2.24, 2.45) is 5.16 Å². The van der Waals surface area contributed by atoms with Crippen LogP contribution in [0, 0.1) is 11.7 Å². The third kappa shape index (κ3) is 6.85. The van der Waals surface area contributed by atoms with E-state index >= 15 is 0 Å². The Morgan fingerprint density at radius 1 is 1.19 bits per heavy atom. The van der Waals surface area contributed by atoms with Gasteiger partial charge in [-0.25, -0.2) is 0 Å². The third-order valence-electron chi connectivity index (χ3n) is 3.05. The van der Waals surface area contributed by atoms with Crippen molar-refractivity contribution in [1.82, 2.24) is 0 Å². The number of rotatable bonds is 3. The molecule has 2 aromatic rings. The number of hydrogen-bond donors (Lipinski definition) is 1. The summed E-state index contributed by atoms with van der Waals surface area (Å²) in [5, 5.41) is 4.00. The van der Waals surface area contributed by atoms with Crippen LogP contribution in [0.5, 0.6) is 5.75 Å². The van der Waals surface area contributed by atoms with Crippen LogP contribution < -0.4 is 4.84 Å². The Balaban J connectivity index is 0.000000765. The van der Waals surface area contributed by atoms with Crippen LogP contribution in [0.15, 0.2) is 47.6 Å². The molecule has 140 valence electrons. The van der Waals surface area contributed by atoms with Crippen LogP contribution in [0.3, 0.4) is 0 Å². The van der Waals surface area contributed by atoms with Gasteiger partial charge in [0.25, 0.3) is 0 Å². The molecule has 0 bridgehead atoms. The fraction of sp³-hybridized carbons (Fsp3) is 0.188. The summed E-state index contributed by atoms with van der Waals surface area (Å²) in [5.41, 5.74) is 0.0272. The first-order valence-electron chi connectivity index (χ1n) is 6.97. The maximum Gasteiger partial charge on any atom is 0.417 e. The zero-order valence-corrected chi connectivity index (χ0v) is 15.2. The predicted molar refractivity (Wildman–Crippen MR) is 92.1 cm³/mol. The Kier molecular flexibility index (Phi) is 7.78. The largest absolute Gasteiger partial charge is 0.417 e. The molecule has 0 amide bonds. The van der Waals surface area contributed by atoms with E-state index in [-0.39, 0.29) is 16.3 Å². The minimum absolute atomic E-state index is 0.0954. The van der Waals surface area contributed by atoms with Crippen LogP contribution in [0.2, 0.25) is 5.02 Å². The molecule has 0 radical (unpaired) electrons. The third-order valence-corrected chi connectivity index (χ3v) is 3.29. The van der Waals surface area contributed by atoms with Gasteiger partial charge in [0.15, 0.2) is 5.75 Å². The lowest BCUT2D eigenvalue weighted by molar-refractivity contribution is -0.137. The smallest absolute Gasteiger partial charge is 0.356 e. The summed E-state index contributed by atoms with van der Waals surface area (Å²) in [7, 11) is -2.61. The SMILES string of the molecule is C/C(=N\Oc1ccccc1C)c1cc(Cl)ccc1C(F)(F)F.N=S(=O)=O. The number of benzene rings is 2. The summed E-state index contributed by atoms with van der Waals surface area (Å²) < 4.78 is 61.9. The molecule has 5 nitrogen and oxygen atoms in total. The summed E-state index contributed by atoms with van der Waals surface area (Å²) in [5.74, 6) is 0.484. The van der Waals surface area contributed by atoms with Crippen molar-refractivity contribution < 1.29 is 26.4 Å². The molecular weight excluding hydrogens is 393 g/mol. The van der Waals surface area contributed by atoms with Crippen molar-refractivity contribution in [2.45, 2.75) is 20.0 Å². The second-order valence-electron chi connectivity index (χ2n) is 4.96. The molecule has 0 saturated heterocycles. The van der Waals surface area contributed by atoms with E-state index in [9.17, 15) is 13.2 Å². The number of oxime groups is 1. The van der Waals surface area contributed by atoms with E-state index in [0.717, 1.165) is 11.6 Å². The lowest BCUT2D eigenvalue weighted by Crippen LogP contribution is -2.12. The molecule has 26 heavy (non-hydrogen) atoms. The molecular formula is C16H14ClF3N2O3S. The Morgan fingerprint density at radius 3 is 2.31 bits per heavy atom. The average molecular weight is 407 g/mol. The number of alkyl halides is 3. The van der Waals surface area contributed by atoms with E-state index in [2.05, 4.69) is 5.16 Å². The quantitative estimate of drug-likeness (QED) is 0.569.